The minimum atomic E-state index is -0.382. The minimum Gasteiger partial charge on any atom is -0.493 e. The number of thioether (sulfide) groups is 1. The van der Waals surface area contributed by atoms with Gasteiger partial charge in [0.1, 0.15) is 11.6 Å². The van der Waals surface area contributed by atoms with Crippen LogP contribution in [0, 0.1) is 19.7 Å². The van der Waals surface area contributed by atoms with Crippen molar-refractivity contribution in [3.63, 3.8) is 0 Å². The highest BCUT2D eigenvalue weighted by Crippen LogP contribution is 2.31. The first kappa shape index (κ1) is 27.1. The molecule has 0 N–H and O–H groups in total. The number of ether oxygens (including phenoxy) is 2. The Morgan fingerprint density at radius 1 is 0.941 bits per heavy atom. The maximum Gasteiger partial charge on any atom is 0.343 e. The van der Waals surface area contributed by atoms with Crippen LogP contribution in [-0.2, 0) is 4.79 Å². The zero-order chi connectivity index (χ0) is 25.1. The molecule has 0 radical (unpaired) electrons. The lowest BCUT2D eigenvalue weighted by Crippen LogP contribution is -2.09. The number of carbonyl (C=O) groups is 2. The molecule has 0 aromatic heterocycles. The number of methoxy groups -OCH3 is 1. The van der Waals surface area contributed by atoms with E-state index in [0.717, 1.165) is 23.1 Å². The van der Waals surface area contributed by atoms with E-state index in [1.54, 1.807) is 62.2 Å². The number of benzene rings is 3. The second-order valence-electron chi connectivity index (χ2n) is 7.80. The van der Waals surface area contributed by atoms with E-state index in [2.05, 4.69) is 6.92 Å². The predicted octanol–water partition coefficient (Wildman–Crippen LogP) is 7.13. The molecule has 0 amide bonds. The first-order chi connectivity index (χ1) is 16.2. The molecule has 0 spiro atoms. The molecule has 1 unspecified atom stereocenters. The summed E-state index contributed by atoms with van der Waals surface area (Å²) in [6, 6.07) is 19.1. The van der Waals surface area contributed by atoms with Gasteiger partial charge in [0.15, 0.2) is 11.5 Å². The van der Waals surface area contributed by atoms with Crippen molar-refractivity contribution in [1.82, 2.24) is 0 Å². The standard InChI is InChI=1S/C16H16O3.C12H15FOS/c1-11-8-9-13(10-12(11)2)16(17)19-15-7-5-4-6-14(15)18-3;1-3-12(15-8-9(2)14)10-4-6-11(13)7-5-10/h4-10H,1-3H3;4-7,12H,3,8H2,1-2H3. The van der Waals surface area contributed by atoms with Gasteiger partial charge in [0.05, 0.1) is 18.4 Å². The summed E-state index contributed by atoms with van der Waals surface area (Å²) in [5.41, 5.74) is 3.84. The average molecular weight is 483 g/mol. The van der Waals surface area contributed by atoms with Gasteiger partial charge in [-0.05, 0) is 80.3 Å². The van der Waals surface area contributed by atoms with Crippen LogP contribution in [0.2, 0.25) is 0 Å². The van der Waals surface area contributed by atoms with Crippen LogP contribution in [0.25, 0.3) is 0 Å². The monoisotopic (exact) mass is 482 g/mol. The Morgan fingerprint density at radius 3 is 2.15 bits per heavy atom. The van der Waals surface area contributed by atoms with Gasteiger partial charge < -0.3 is 9.47 Å². The Labute approximate surface area is 205 Å². The normalized spacial score (nSPS) is 11.1. The summed E-state index contributed by atoms with van der Waals surface area (Å²) < 4.78 is 23.2. The Kier molecular flexibility index (Phi) is 10.8. The van der Waals surface area contributed by atoms with E-state index in [-0.39, 0.29) is 22.8 Å². The van der Waals surface area contributed by atoms with Crippen molar-refractivity contribution in [3.05, 3.63) is 94.8 Å². The molecule has 1 atom stereocenters. The lowest BCUT2D eigenvalue weighted by molar-refractivity contribution is -0.114. The predicted molar refractivity (Wildman–Crippen MR) is 136 cm³/mol. The number of ketones is 1. The van der Waals surface area contributed by atoms with Crippen molar-refractivity contribution < 1.29 is 23.5 Å². The quantitative estimate of drug-likeness (QED) is 0.252. The summed E-state index contributed by atoms with van der Waals surface area (Å²) in [6.07, 6.45) is 0.948. The van der Waals surface area contributed by atoms with Crippen molar-refractivity contribution in [2.24, 2.45) is 0 Å². The molecule has 0 aliphatic rings. The topological polar surface area (TPSA) is 52.6 Å². The van der Waals surface area contributed by atoms with Gasteiger partial charge in [-0.2, -0.15) is 0 Å². The fourth-order valence-corrected chi connectivity index (χ4v) is 4.10. The third-order valence-electron chi connectivity index (χ3n) is 5.11. The Hall–Kier alpha value is -3.12. The summed E-state index contributed by atoms with van der Waals surface area (Å²) in [4.78, 5) is 22.9. The van der Waals surface area contributed by atoms with Gasteiger partial charge >= 0.3 is 5.97 Å². The van der Waals surface area contributed by atoms with Gasteiger partial charge in [0.25, 0.3) is 0 Å². The SMILES string of the molecule is CCC(SCC(C)=O)c1ccc(F)cc1.COc1ccccc1OC(=O)c1ccc(C)c(C)c1. The molecule has 0 saturated heterocycles. The zero-order valence-corrected chi connectivity index (χ0v) is 21.1. The van der Waals surface area contributed by atoms with Crippen LogP contribution in [-0.4, -0.2) is 24.6 Å². The van der Waals surface area contributed by atoms with Crippen LogP contribution >= 0.6 is 11.8 Å². The van der Waals surface area contributed by atoms with Crippen LogP contribution in [0.5, 0.6) is 11.5 Å². The molecule has 0 saturated carbocycles. The molecule has 0 heterocycles. The van der Waals surface area contributed by atoms with Gasteiger partial charge in [-0.3, -0.25) is 4.79 Å². The largest absolute Gasteiger partial charge is 0.493 e. The summed E-state index contributed by atoms with van der Waals surface area (Å²) >= 11 is 1.62. The number of carbonyl (C=O) groups excluding carboxylic acids is 2. The first-order valence-electron chi connectivity index (χ1n) is 11.0. The highest BCUT2D eigenvalue weighted by molar-refractivity contribution is 8.00. The summed E-state index contributed by atoms with van der Waals surface area (Å²) in [5, 5.41) is 0.287. The minimum absolute atomic E-state index is 0.181. The summed E-state index contributed by atoms with van der Waals surface area (Å²) in [6.45, 7) is 7.63. The van der Waals surface area contributed by atoms with Crippen LogP contribution in [0.1, 0.15) is 52.6 Å². The lowest BCUT2D eigenvalue weighted by atomic mass is 10.1. The molecule has 3 aromatic rings. The number of halogens is 1. The molecule has 0 aliphatic heterocycles. The van der Waals surface area contributed by atoms with Crippen molar-refractivity contribution in [2.45, 2.75) is 39.4 Å². The summed E-state index contributed by atoms with van der Waals surface area (Å²) in [7, 11) is 1.54. The van der Waals surface area contributed by atoms with Crippen LogP contribution in [0.4, 0.5) is 4.39 Å². The first-order valence-corrected chi connectivity index (χ1v) is 12.1. The average Bonchev–Trinajstić information content (AvgIpc) is 2.83. The van der Waals surface area contributed by atoms with E-state index >= 15 is 0 Å². The number of esters is 1. The van der Waals surface area contributed by atoms with Gasteiger partial charge in [-0.1, -0.05) is 37.3 Å². The van der Waals surface area contributed by atoms with Crippen molar-refractivity contribution in [2.75, 3.05) is 12.9 Å². The third-order valence-corrected chi connectivity index (χ3v) is 6.70. The Morgan fingerprint density at radius 2 is 1.59 bits per heavy atom. The van der Waals surface area contributed by atoms with E-state index in [4.69, 9.17) is 9.47 Å². The second-order valence-corrected chi connectivity index (χ2v) is 8.99. The Bertz CT molecular complexity index is 1100. The molecule has 6 heteroatoms. The van der Waals surface area contributed by atoms with Gasteiger partial charge in [0, 0.05) is 5.25 Å². The molecule has 180 valence electrons. The highest BCUT2D eigenvalue weighted by Gasteiger charge is 2.12. The van der Waals surface area contributed by atoms with Gasteiger partial charge in [-0.25, -0.2) is 9.18 Å². The maximum atomic E-state index is 12.7. The summed E-state index contributed by atoms with van der Waals surface area (Å²) in [5.74, 6) is 1.07. The number of rotatable bonds is 8. The molecule has 0 aliphatic carbocycles. The molecule has 3 aromatic carbocycles. The van der Waals surface area contributed by atoms with E-state index in [1.807, 2.05) is 32.0 Å². The van der Waals surface area contributed by atoms with Crippen molar-refractivity contribution >= 4 is 23.5 Å². The van der Waals surface area contributed by atoms with Crippen molar-refractivity contribution in [3.8, 4) is 11.5 Å². The van der Waals surface area contributed by atoms with E-state index in [0.29, 0.717) is 22.8 Å². The smallest absolute Gasteiger partial charge is 0.343 e. The number of hydrogen-bond acceptors (Lipinski definition) is 5. The fourth-order valence-electron chi connectivity index (χ4n) is 3.08. The maximum absolute atomic E-state index is 12.7. The van der Waals surface area contributed by atoms with Gasteiger partial charge in [0.2, 0.25) is 0 Å². The lowest BCUT2D eigenvalue weighted by Gasteiger charge is -2.13. The number of aryl methyl sites for hydroxylation is 2. The van der Waals surface area contributed by atoms with Crippen molar-refractivity contribution in [1.29, 1.82) is 0 Å². The van der Waals surface area contributed by atoms with Crippen LogP contribution in [0.15, 0.2) is 66.7 Å². The zero-order valence-electron chi connectivity index (χ0n) is 20.3. The molecule has 3 rings (SSSR count). The fraction of sp³-hybridized carbons (Fsp3) is 0.286. The number of para-hydroxylation sites is 2. The number of hydrogen-bond donors (Lipinski definition) is 0. The third kappa shape index (κ3) is 8.34. The molecule has 0 bridgehead atoms. The molecule has 34 heavy (non-hydrogen) atoms. The van der Waals surface area contributed by atoms with Crippen LogP contribution < -0.4 is 9.47 Å². The molecule has 4 nitrogen and oxygen atoms in total. The molecular formula is C28H31FO4S. The molecule has 0 fully saturated rings. The second kappa shape index (κ2) is 13.6. The van der Waals surface area contributed by atoms with E-state index in [1.165, 1.54) is 12.1 Å². The van der Waals surface area contributed by atoms with E-state index < -0.39 is 0 Å². The van der Waals surface area contributed by atoms with Crippen LogP contribution in [0.3, 0.4) is 0 Å². The molecular weight excluding hydrogens is 451 g/mol. The van der Waals surface area contributed by atoms with E-state index in [9.17, 15) is 14.0 Å². The Balaban J connectivity index is 0.000000248. The highest BCUT2D eigenvalue weighted by atomic mass is 32.2. The van der Waals surface area contributed by atoms with Gasteiger partial charge in [-0.15, -0.1) is 11.8 Å². The number of Topliss-reactive ketones (excluding diaryl/α,β-unsaturated/α-hetero) is 1.